The van der Waals surface area contributed by atoms with Crippen molar-refractivity contribution in [1.82, 2.24) is 19.9 Å². The quantitative estimate of drug-likeness (QED) is 0.831. The Labute approximate surface area is 103 Å². The van der Waals surface area contributed by atoms with Crippen molar-refractivity contribution in [2.24, 2.45) is 12.8 Å². The van der Waals surface area contributed by atoms with E-state index in [0.717, 1.165) is 12.1 Å². The molecule has 5 heteroatoms. The van der Waals surface area contributed by atoms with Crippen LogP contribution >= 0.6 is 0 Å². The maximum Gasteiger partial charge on any atom is 0.0843 e. The monoisotopic (exact) mass is 237 g/mol. The van der Waals surface area contributed by atoms with Gasteiger partial charge in [0.05, 0.1) is 5.69 Å². The molecule has 17 heavy (non-hydrogen) atoms. The highest BCUT2D eigenvalue weighted by Gasteiger charge is 2.41. The first-order valence-electron chi connectivity index (χ1n) is 6.33. The second-order valence-corrected chi connectivity index (χ2v) is 5.40. The molecule has 1 heterocycles. The highest BCUT2D eigenvalue weighted by atomic mass is 15.4. The summed E-state index contributed by atoms with van der Waals surface area (Å²) in [5.41, 5.74) is 7.58. The molecule has 1 saturated carbocycles. The summed E-state index contributed by atoms with van der Waals surface area (Å²) in [6.07, 6.45) is 7.73. The molecular weight excluding hydrogens is 214 g/mol. The standard InChI is InChI=1S/C12H23N5/c1-16(2)12(6-4-5-7-12)11(13)8-10-9-17(3)15-14-10/h9,11H,4-8,13H2,1-3H3. The molecule has 0 aromatic carbocycles. The van der Waals surface area contributed by atoms with Crippen molar-refractivity contribution < 1.29 is 0 Å². The van der Waals surface area contributed by atoms with Crippen LogP contribution in [-0.2, 0) is 13.5 Å². The Balaban J connectivity index is 2.09. The van der Waals surface area contributed by atoms with E-state index >= 15 is 0 Å². The molecule has 2 N–H and O–H groups in total. The van der Waals surface area contributed by atoms with E-state index in [-0.39, 0.29) is 11.6 Å². The van der Waals surface area contributed by atoms with Crippen LogP contribution in [0.1, 0.15) is 31.4 Å². The molecule has 0 spiro atoms. The normalized spacial score (nSPS) is 21.0. The molecule has 1 fully saturated rings. The number of nitrogens with zero attached hydrogens (tertiary/aromatic N) is 4. The maximum atomic E-state index is 6.44. The van der Waals surface area contributed by atoms with Crippen molar-refractivity contribution in [3.05, 3.63) is 11.9 Å². The third kappa shape index (κ3) is 2.35. The zero-order valence-electron chi connectivity index (χ0n) is 11.1. The van der Waals surface area contributed by atoms with E-state index in [1.165, 1.54) is 25.7 Å². The molecular formula is C12H23N5. The van der Waals surface area contributed by atoms with Crippen LogP contribution in [0.15, 0.2) is 6.20 Å². The van der Waals surface area contributed by atoms with Gasteiger partial charge < -0.3 is 10.6 Å². The molecule has 0 saturated heterocycles. The molecule has 1 unspecified atom stereocenters. The number of aryl methyl sites for hydroxylation is 1. The molecule has 5 nitrogen and oxygen atoms in total. The zero-order valence-corrected chi connectivity index (χ0v) is 11.1. The molecule has 0 bridgehead atoms. The number of rotatable bonds is 4. The summed E-state index contributed by atoms with van der Waals surface area (Å²) in [5, 5.41) is 8.09. The van der Waals surface area contributed by atoms with Gasteiger partial charge in [-0.2, -0.15) is 0 Å². The van der Waals surface area contributed by atoms with Crippen molar-refractivity contribution in [2.75, 3.05) is 14.1 Å². The van der Waals surface area contributed by atoms with Crippen molar-refractivity contribution >= 4 is 0 Å². The Morgan fingerprint density at radius 3 is 2.59 bits per heavy atom. The topological polar surface area (TPSA) is 60.0 Å². The molecule has 1 atom stereocenters. The van der Waals surface area contributed by atoms with Crippen LogP contribution in [-0.4, -0.2) is 45.6 Å². The number of nitrogens with two attached hydrogens (primary N) is 1. The summed E-state index contributed by atoms with van der Waals surface area (Å²) in [6.45, 7) is 0. The number of likely N-dealkylation sites (N-methyl/N-ethyl adjacent to an activating group) is 1. The van der Waals surface area contributed by atoms with Gasteiger partial charge in [-0.3, -0.25) is 4.68 Å². The predicted molar refractivity (Wildman–Crippen MR) is 67.6 cm³/mol. The summed E-state index contributed by atoms with van der Waals surface area (Å²) in [4.78, 5) is 2.31. The minimum Gasteiger partial charge on any atom is -0.326 e. The third-order valence-electron chi connectivity index (χ3n) is 4.13. The lowest BCUT2D eigenvalue weighted by Crippen LogP contribution is -2.56. The van der Waals surface area contributed by atoms with Crippen LogP contribution in [0.5, 0.6) is 0 Å². The zero-order chi connectivity index (χ0) is 12.5. The van der Waals surface area contributed by atoms with E-state index in [9.17, 15) is 0 Å². The van der Waals surface area contributed by atoms with Gasteiger partial charge in [0.15, 0.2) is 0 Å². The molecule has 0 amide bonds. The minimum atomic E-state index is 0.136. The Hall–Kier alpha value is -0.940. The van der Waals surface area contributed by atoms with Gasteiger partial charge in [0.2, 0.25) is 0 Å². The lowest BCUT2D eigenvalue weighted by molar-refractivity contribution is 0.122. The van der Waals surface area contributed by atoms with Gasteiger partial charge in [0.25, 0.3) is 0 Å². The molecule has 1 aliphatic rings. The second-order valence-electron chi connectivity index (χ2n) is 5.40. The highest BCUT2D eigenvalue weighted by Crippen LogP contribution is 2.36. The van der Waals surface area contributed by atoms with Gasteiger partial charge in [-0.15, -0.1) is 5.10 Å². The van der Waals surface area contributed by atoms with E-state index in [2.05, 4.69) is 29.3 Å². The molecule has 96 valence electrons. The number of aromatic nitrogens is 3. The van der Waals surface area contributed by atoms with Crippen molar-refractivity contribution in [3.8, 4) is 0 Å². The van der Waals surface area contributed by atoms with Crippen LogP contribution < -0.4 is 5.73 Å². The van der Waals surface area contributed by atoms with E-state index in [1.54, 1.807) is 4.68 Å². The van der Waals surface area contributed by atoms with Crippen molar-refractivity contribution in [3.63, 3.8) is 0 Å². The summed E-state index contributed by atoms with van der Waals surface area (Å²) in [7, 11) is 6.17. The van der Waals surface area contributed by atoms with Crippen molar-refractivity contribution in [2.45, 2.75) is 43.7 Å². The van der Waals surface area contributed by atoms with Gasteiger partial charge in [0.1, 0.15) is 0 Å². The first-order valence-corrected chi connectivity index (χ1v) is 6.33. The summed E-state index contributed by atoms with van der Waals surface area (Å²) in [5.74, 6) is 0. The van der Waals surface area contributed by atoms with Crippen LogP contribution in [0.3, 0.4) is 0 Å². The van der Waals surface area contributed by atoms with E-state index < -0.39 is 0 Å². The first-order chi connectivity index (χ1) is 8.04. The van der Waals surface area contributed by atoms with Crippen molar-refractivity contribution in [1.29, 1.82) is 0 Å². The van der Waals surface area contributed by atoms with Crippen LogP contribution in [0.25, 0.3) is 0 Å². The van der Waals surface area contributed by atoms with Gasteiger partial charge in [-0.25, -0.2) is 0 Å². The Morgan fingerprint density at radius 2 is 2.12 bits per heavy atom. The summed E-state index contributed by atoms with van der Waals surface area (Å²) >= 11 is 0. The van der Waals surface area contributed by atoms with Crippen LogP contribution in [0.2, 0.25) is 0 Å². The fourth-order valence-electron chi connectivity index (χ4n) is 3.04. The highest BCUT2D eigenvalue weighted by molar-refractivity contribution is 5.06. The fraction of sp³-hybridized carbons (Fsp3) is 0.833. The van der Waals surface area contributed by atoms with Crippen LogP contribution in [0.4, 0.5) is 0 Å². The van der Waals surface area contributed by atoms with E-state index in [4.69, 9.17) is 5.73 Å². The molecule has 1 aromatic rings. The average molecular weight is 237 g/mol. The Bertz CT molecular complexity index is 365. The average Bonchev–Trinajstić information content (AvgIpc) is 2.87. The largest absolute Gasteiger partial charge is 0.326 e. The maximum absolute atomic E-state index is 6.44. The smallest absolute Gasteiger partial charge is 0.0843 e. The SMILES string of the molecule is CN(C)C1(C(N)Cc2cn(C)nn2)CCCC1. The molecule has 1 aromatic heterocycles. The summed E-state index contributed by atoms with van der Waals surface area (Å²) < 4.78 is 1.74. The van der Waals surface area contributed by atoms with Crippen LogP contribution in [0, 0.1) is 0 Å². The lowest BCUT2D eigenvalue weighted by Gasteiger charge is -2.41. The third-order valence-corrected chi connectivity index (χ3v) is 4.13. The lowest BCUT2D eigenvalue weighted by atomic mass is 9.85. The van der Waals surface area contributed by atoms with Gasteiger partial charge >= 0.3 is 0 Å². The minimum absolute atomic E-state index is 0.136. The van der Waals surface area contributed by atoms with Gasteiger partial charge in [-0.05, 0) is 26.9 Å². The van der Waals surface area contributed by atoms with E-state index in [0.29, 0.717) is 0 Å². The first kappa shape index (κ1) is 12.5. The predicted octanol–water partition coefficient (Wildman–Crippen LogP) is 0.559. The molecule has 1 aliphatic carbocycles. The molecule has 0 aliphatic heterocycles. The Morgan fingerprint density at radius 1 is 1.47 bits per heavy atom. The van der Waals surface area contributed by atoms with E-state index in [1.807, 2.05) is 13.2 Å². The number of hydrogen-bond donors (Lipinski definition) is 1. The van der Waals surface area contributed by atoms with Gasteiger partial charge in [-0.1, -0.05) is 18.1 Å². The van der Waals surface area contributed by atoms with Gasteiger partial charge in [0, 0.05) is 31.2 Å². The summed E-state index contributed by atoms with van der Waals surface area (Å²) in [6, 6.07) is 0.136. The number of hydrogen-bond acceptors (Lipinski definition) is 4. The Kier molecular flexibility index (Phi) is 3.49. The molecule has 2 rings (SSSR count). The fourth-order valence-corrected chi connectivity index (χ4v) is 3.04. The second kappa shape index (κ2) is 4.74. The molecule has 0 radical (unpaired) electrons.